The number of benzene rings is 1. The van der Waals surface area contributed by atoms with Gasteiger partial charge in [0.05, 0.1) is 17.1 Å². The maximum Gasteiger partial charge on any atom is 0.106 e. The van der Waals surface area contributed by atoms with Crippen LogP contribution in [-0.4, -0.2) is 21.2 Å². The third-order valence-electron chi connectivity index (χ3n) is 2.81. The van der Waals surface area contributed by atoms with E-state index >= 15 is 0 Å². The number of nitrogens with zero attached hydrogens (tertiary/aromatic N) is 2. The average Bonchev–Trinajstić information content (AvgIpc) is 2.52. The van der Waals surface area contributed by atoms with Crippen molar-refractivity contribution in [3.8, 4) is 0 Å². The SMILES string of the molecule is Cc1nc2cc(Cl)c(C(O)CN)cc2n1C. The molecule has 0 amide bonds. The fraction of sp³-hybridized carbons (Fsp3) is 0.364. The Morgan fingerprint density at radius 3 is 2.88 bits per heavy atom. The highest BCUT2D eigenvalue weighted by Crippen LogP contribution is 2.28. The van der Waals surface area contributed by atoms with Gasteiger partial charge in [-0.05, 0) is 19.1 Å². The molecule has 3 N–H and O–H groups in total. The summed E-state index contributed by atoms with van der Waals surface area (Å²) in [6, 6.07) is 3.60. The molecule has 0 aliphatic carbocycles. The molecular formula is C11H14ClN3O. The van der Waals surface area contributed by atoms with Gasteiger partial charge in [-0.2, -0.15) is 0 Å². The molecule has 16 heavy (non-hydrogen) atoms. The molecule has 0 fully saturated rings. The van der Waals surface area contributed by atoms with Crippen molar-refractivity contribution in [1.29, 1.82) is 0 Å². The van der Waals surface area contributed by atoms with Crippen molar-refractivity contribution in [2.75, 3.05) is 6.54 Å². The summed E-state index contributed by atoms with van der Waals surface area (Å²) in [5.41, 5.74) is 7.86. The van der Waals surface area contributed by atoms with Crippen molar-refractivity contribution in [3.05, 3.63) is 28.5 Å². The molecule has 1 aromatic heterocycles. The number of nitrogens with two attached hydrogens (primary N) is 1. The Hall–Kier alpha value is -1.10. The Morgan fingerprint density at radius 2 is 2.25 bits per heavy atom. The summed E-state index contributed by atoms with van der Waals surface area (Å²) in [6.45, 7) is 2.08. The minimum atomic E-state index is -0.730. The van der Waals surface area contributed by atoms with Crippen LogP contribution < -0.4 is 5.73 Å². The highest BCUT2D eigenvalue weighted by Gasteiger charge is 2.14. The van der Waals surface area contributed by atoms with Crippen molar-refractivity contribution in [2.45, 2.75) is 13.0 Å². The van der Waals surface area contributed by atoms with E-state index in [0.29, 0.717) is 10.6 Å². The molecule has 2 aromatic rings. The third-order valence-corrected chi connectivity index (χ3v) is 3.13. The van der Waals surface area contributed by atoms with Crippen LogP contribution in [0.4, 0.5) is 0 Å². The molecule has 0 bridgehead atoms. The molecule has 0 aliphatic rings. The standard InChI is InChI=1S/C11H14ClN3O/c1-6-14-9-4-8(12)7(11(16)5-13)3-10(9)15(6)2/h3-4,11,16H,5,13H2,1-2H3. The molecule has 2 rings (SSSR count). The third kappa shape index (κ3) is 1.69. The van der Waals surface area contributed by atoms with Gasteiger partial charge in [-0.25, -0.2) is 4.98 Å². The Labute approximate surface area is 98.6 Å². The summed E-state index contributed by atoms with van der Waals surface area (Å²) in [5, 5.41) is 10.2. The minimum absolute atomic E-state index is 0.155. The fourth-order valence-electron chi connectivity index (χ4n) is 1.73. The van der Waals surface area contributed by atoms with Gasteiger partial charge in [0.15, 0.2) is 0 Å². The Balaban J connectivity index is 2.69. The first-order valence-electron chi connectivity index (χ1n) is 5.05. The maximum absolute atomic E-state index is 9.73. The molecule has 0 spiro atoms. The summed E-state index contributed by atoms with van der Waals surface area (Å²) < 4.78 is 1.96. The van der Waals surface area contributed by atoms with Gasteiger partial charge >= 0.3 is 0 Å². The monoisotopic (exact) mass is 239 g/mol. The van der Waals surface area contributed by atoms with Crippen molar-refractivity contribution in [2.24, 2.45) is 12.8 Å². The van der Waals surface area contributed by atoms with Gasteiger partial charge in [0.25, 0.3) is 0 Å². The van der Waals surface area contributed by atoms with Crippen LogP contribution in [0, 0.1) is 6.92 Å². The molecule has 0 radical (unpaired) electrons. The number of rotatable bonds is 2. The van der Waals surface area contributed by atoms with Gasteiger partial charge in [0.1, 0.15) is 5.82 Å². The predicted molar refractivity (Wildman–Crippen MR) is 64.5 cm³/mol. The van der Waals surface area contributed by atoms with Crippen molar-refractivity contribution < 1.29 is 5.11 Å². The van der Waals surface area contributed by atoms with E-state index in [2.05, 4.69) is 4.98 Å². The summed E-state index contributed by atoms with van der Waals surface area (Å²) in [6.07, 6.45) is -0.730. The minimum Gasteiger partial charge on any atom is -0.387 e. The number of imidazole rings is 1. The van der Waals surface area contributed by atoms with E-state index in [0.717, 1.165) is 16.9 Å². The molecule has 86 valence electrons. The van der Waals surface area contributed by atoms with Gasteiger partial charge in [-0.15, -0.1) is 0 Å². The van der Waals surface area contributed by atoms with Crippen LogP contribution in [0.25, 0.3) is 11.0 Å². The second-order valence-electron chi connectivity index (χ2n) is 3.83. The van der Waals surface area contributed by atoms with Crippen molar-refractivity contribution >= 4 is 22.6 Å². The summed E-state index contributed by atoms with van der Waals surface area (Å²) in [4.78, 5) is 4.37. The molecule has 1 aromatic carbocycles. The number of aliphatic hydroxyl groups excluding tert-OH is 1. The summed E-state index contributed by atoms with van der Waals surface area (Å²) in [5.74, 6) is 0.908. The lowest BCUT2D eigenvalue weighted by Crippen LogP contribution is -2.12. The largest absolute Gasteiger partial charge is 0.387 e. The summed E-state index contributed by atoms with van der Waals surface area (Å²) >= 11 is 6.07. The lowest BCUT2D eigenvalue weighted by atomic mass is 10.1. The second-order valence-corrected chi connectivity index (χ2v) is 4.24. The average molecular weight is 240 g/mol. The summed E-state index contributed by atoms with van der Waals surface area (Å²) in [7, 11) is 1.93. The van der Waals surface area contributed by atoms with Gasteiger partial charge < -0.3 is 15.4 Å². The molecule has 5 heteroatoms. The zero-order chi connectivity index (χ0) is 11.9. The molecule has 0 saturated heterocycles. The van der Waals surface area contributed by atoms with Gasteiger partial charge in [-0.3, -0.25) is 0 Å². The number of hydrogen-bond acceptors (Lipinski definition) is 3. The van der Waals surface area contributed by atoms with Gasteiger partial charge in [-0.1, -0.05) is 11.6 Å². The lowest BCUT2D eigenvalue weighted by molar-refractivity contribution is 0.187. The molecule has 1 atom stereocenters. The van der Waals surface area contributed by atoms with E-state index < -0.39 is 6.10 Å². The van der Waals surface area contributed by atoms with Crippen LogP contribution in [-0.2, 0) is 7.05 Å². The normalized spacial score (nSPS) is 13.3. The van der Waals surface area contributed by atoms with Crippen molar-refractivity contribution in [1.82, 2.24) is 9.55 Å². The zero-order valence-electron chi connectivity index (χ0n) is 9.24. The first-order valence-corrected chi connectivity index (χ1v) is 5.43. The number of halogens is 1. The first-order chi connectivity index (χ1) is 7.54. The molecular weight excluding hydrogens is 226 g/mol. The Morgan fingerprint density at radius 1 is 1.56 bits per heavy atom. The highest BCUT2D eigenvalue weighted by atomic mass is 35.5. The van der Waals surface area contributed by atoms with E-state index in [-0.39, 0.29) is 6.54 Å². The Kier molecular flexibility index (Phi) is 2.88. The van der Waals surface area contributed by atoms with Crippen molar-refractivity contribution in [3.63, 3.8) is 0 Å². The molecule has 0 aliphatic heterocycles. The number of hydrogen-bond donors (Lipinski definition) is 2. The van der Waals surface area contributed by atoms with Crippen LogP contribution in [0.5, 0.6) is 0 Å². The maximum atomic E-state index is 9.73. The quantitative estimate of drug-likeness (QED) is 0.835. The van der Waals surface area contributed by atoms with Crippen LogP contribution in [0.2, 0.25) is 5.02 Å². The first kappa shape index (κ1) is 11.4. The lowest BCUT2D eigenvalue weighted by Gasteiger charge is -2.10. The van der Waals surface area contributed by atoms with E-state index in [1.165, 1.54) is 0 Å². The predicted octanol–water partition coefficient (Wildman–Crippen LogP) is 1.53. The molecule has 0 saturated carbocycles. The molecule has 1 unspecified atom stereocenters. The second kappa shape index (κ2) is 4.05. The van der Waals surface area contributed by atoms with E-state index in [4.69, 9.17) is 17.3 Å². The topological polar surface area (TPSA) is 64.1 Å². The molecule has 1 heterocycles. The van der Waals surface area contributed by atoms with E-state index in [1.54, 1.807) is 6.07 Å². The number of fused-ring (bicyclic) bond motifs is 1. The smallest absolute Gasteiger partial charge is 0.106 e. The van der Waals surface area contributed by atoms with E-state index in [9.17, 15) is 5.11 Å². The van der Waals surface area contributed by atoms with Gasteiger partial charge in [0.2, 0.25) is 0 Å². The number of aryl methyl sites for hydroxylation is 2. The highest BCUT2D eigenvalue weighted by molar-refractivity contribution is 6.32. The van der Waals surface area contributed by atoms with Crippen LogP contribution in [0.15, 0.2) is 12.1 Å². The number of aliphatic hydroxyl groups is 1. The van der Waals surface area contributed by atoms with Crippen LogP contribution >= 0.6 is 11.6 Å². The van der Waals surface area contributed by atoms with Gasteiger partial charge in [0, 0.05) is 24.2 Å². The zero-order valence-corrected chi connectivity index (χ0v) is 9.99. The van der Waals surface area contributed by atoms with Crippen LogP contribution in [0.1, 0.15) is 17.5 Å². The number of aromatic nitrogens is 2. The Bertz CT molecular complexity index is 535. The van der Waals surface area contributed by atoms with Crippen LogP contribution in [0.3, 0.4) is 0 Å². The molecule has 4 nitrogen and oxygen atoms in total. The van der Waals surface area contributed by atoms with E-state index in [1.807, 2.05) is 24.6 Å². The fourth-order valence-corrected chi connectivity index (χ4v) is 2.02.